The fraction of sp³-hybridized carbons (Fsp3) is 0.647. The van der Waals surface area contributed by atoms with Gasteiger partial charge >= 0.3 is 0 Å². The molecule has 1 aromatic carbocycles. The van der Waals surface area contributed by atoms with Gasteiger partial charge in [0.15, 0.2) is 0 Å². The molecule has 0 amide bonds. The van der Waals surface area contributed by atoms with Crippen LogP contribution in [0.3, 0.4) is 0 Å². The van der Waals surface area contributed by atoms with Gasteiger partial charge < -0.3 is 19.5 Å². The van der Waals surface area contributed by atoms with Gasteiger partial charge in [0.2, 0.25) is 0 Å². The van der Waals surface area contributed by atoms with Crippen LogP contribution in [0.2, 0.25) is 0 Å². The van der Waals surface area contributed by atoms with Crippen LogP contribution in [0.1, 0.15) is 33.3 Å². The molecule has 4 nitrogen and oxygen atoms in total. The number of methoxy groups -OCH3 is 3. The molecule has 1 rings (SSSR count). The maximum Gasteiger partial charge on any atom is 0.130 e. The number of hydrogen-bond donors (Lipinski definition) is 1. The van der Waals surface area contributed by atoms with Crippen LogP contribution in [0.15, 0.2) is 12.1 Å². The molecule has 21 heavy (non-hydrogen) atoms. The highest BCUT2D eigenvalue weighted by Crippen LogP contribution is 2.34. The molecule has 0 atom stereocenters. The summed E-state index contributed by atoms with van der Waals surface area (Å²) in [6.07, 6.45) is 0. The van der Waals surface area contributed by atoms with E-state index in [4.69, 9.17) is 14.2 Å². The summed E-state index contributed by atoms with van der Waals surface area (Å²) in [7, 11) is 4.96. The molecular weight excluding hydrogens is 266 g/mol. The maximum absolute atomic E-state index is 5.46. The van der Waals surface area contributed by atoms with Crippen molar-refractivity contribution < 1.29 is 14.2 Å². The predicted molar refractivity (Wildman–Crippen MR) is 86.4 cm³/mol. The van der Waals surface area contributed by atoms with Gasteiger partial charge in [0.05, 0.1) is 26.9 Å². The van der Waals surface area contributed by atoms with Crippen molar-refractivity contribution in [2.45, 2.75) is 34.2 Å². The zero-order valence-corrected chi connectivity index (χ0v) is 14.4. The van der Waals surface area contributed by atoms with E-state index in [1.54, 1.807) is 21.3 Å². The summed E-state index contributed by atoms with van der Waals surface area (Å²) in [6, 6.07) is 3.76. The summed E-state index contributed by atoms with van der Waals surface area (Å²) in [5.74, 6) is 2.90. The Kier molecular flexibility index (Phi) is 6.34. The molecule has 0 fully saturated rings. The van der Waals surface area contributed by atoms with E-state index in [1.165, 1.54) is 0 Å². The van der Waals surface area contributed by atoms with Gasteiger partial charge in [-0.3, -0.25) is 0 Å². The van der Waals surface area contributed by atoms with E-state index < -0.39 is 0 Å². The third-order valence-corrected chi connectivity index (χ3v) is 4.26. The highest BCUT2D eigenvalue weighted by atomic mass is 16.5. The van der Waals surface area contributed by atoms with Gasteiger partial charge in [-0.05, 0) is 11.3 Å². The second kappa shape index (κ2) is 7.55. The Morgan fingerprint density at radius 1 is 1.00 bits per heavy atom. The van der Waals surface area contributed by atoms with Crippen molar-refractivity contribution in [2.75, 3.05) is 27.9 Å². The quantitative estimate of drug-likeness (QED) is 0.797. The Labute approximate surface area is 128 Å². The van der Waals surface area contributed by atoms with Crippen LogP contribution < -0.4 is 19.5 Å². The first-order chi connectivity index (χ1) is 9.85. The smallest absolute Gasteiger partial charge is 0.130 e. The van der Waals surface area contributed by atoms with E-state index in [2.05, 4.69) is 33.0 Å². The molecule has 0 unspecified atom stereocenters. The van der Waals surface area contributed by atoms with Gasteiger partial charge in [-0.25, -0.2) is 0 Å². The molecule has 0 radical (unpaired) electrons. The molecule has 1 N–H and O–H groups in total. The molecule has 0 spiro atoms. The lowest BCUT2D eigenvalue weighted by atomic mass is 9.81. The SMILES string of the molecule is COc1cc(OC)c(CNCC(C)(C)C(C)C)c(OC)c1. The fourth-order valence-electron chi connectivity index (χ4n) is 1.97. The second-order valence-electron chi connectivity index (χ2n) is 6.26. The third kappa shape index (κ3) is 4.53. The van der Waals surface area contributed by atoms with Crippen LogP contribution in [0.25, 0.3) is 0 Å². The van der Waals surface area contributed by atoms with Crippen molar-refractivity contribution in [3.8, 4) is 17.2 Å². The largest absolute Gasteiger partial charge is 0.496 e. The Balaban J connectivity index is 2.87. The minimum atomic E-state index is 0.243. The minimum absolute atomic E-state index is 0.243. The Bertz CT molecular complexity index is 430. The van der Waals surface area contributed by atoms with Crippen LogP contribution >= 0.6 is 0 Å². The van der Waals surface area contributed by atoms with Crippen LogP contribution in [0.4, 0.5) is 0 Å². The van der Waals surface area contributed by atoms with Crippen molar-refractivity contribution in [1.82, 2.24) is 5.32 Å². The Hall–Kier alpha value is -1.42. The molecule has 0 saturated carbocycles. The van der Waals surface area contributed by atoms with Gasteiger partial charge in [0.1, 0.15) is 17.2 Å². The first-order valence-corrected chi connectivity index (χ1v) is 7.35. The lowest BCUT2D eigenvalue weighted by Crippen LogP contribution is -2.33. The number of benzene rings is 1. The van der Waals surface area contributed by atoms with Crippen molar-refractivity contribution in [3.63, 3.8) is 0 Å². The van der Waals surface area contributed by atoms with E-state index in [9.17, 15) is 0 Å². The van der Waals surface area contributed by atoms with E-state index in [0.29, 0.717) is 12.5 Å². The van der Waals surface area contributed by atoms with Crippen molar-refractivity contribution >= 4 is 0 Å². The summed E-state index contributed by atoms with van der Waals surface area (Å²) < 4.78 is 16.2. The molecule has 120 valence electrons. The topological polar surface area (TPSA) is 39.7 Å². The highest BCUT2D eigenvalue weighted by molar-refractivity contribution is 5.50. The average Bonchev–Trinajstić information content (AvgIpc) is 2.46. The molecule has 0 heterocycles. The van der Waals surface area contributed by atoms with Crippen molar-refractivity contribution in [2.24, 2.45) is 11.3 Å². The van der Waals surface area contributed by atoms with Gasteiger partial charge in [-0.1, -0.05) is 27.7 Å². The Morgan fingerprint density at radius 2 is 1.52 bits per heavy atom. The standard InChI is InChI=1S/C17H29NO3/c1-12(2)17(3,4)11-18-10-14-15(20-6)8-13(19-5)9-16(14)21-7/h8-9,12,18H,10-11H2,1-7H3. The number of ether oxygens (including phenoxy) is 3. The summed E-state index contributed by atoms with van der Waals surface area (Å²) in [5.41, 5.74) is 1.26. The maximum atomic E-state index is 5.46. The predicted octanol–water partition coefficient (Wildman–Crippen LogP) is 3.48. The van der Waals surface area contributed by atoms with Crippen molar-refractivity contribution in [3.05, 3.63) is 17.7 Å². The van der Waals surface area contributed by atoms with Crippen LogP contribution in [0, 0.1) is 11.3 Å². The monoisotopic (exact) mass is 295 g/mol. The molecule has 4 heteroatoms. The summed E-state index contributed by atoms with van der Waals surface area (Å²) in [6.45, 7) is 10.7. The fourth-order valence-corrected chi connectivity index (χ4v) is 1.97. The highest BCUT2D eigenvalue weighted by Gasteiger charge is 2.22. The first-order valence-electron chi connectivity index (χ1n) is 7.35. The van der Waals surface area contributed by atoms with Crippen LogP contribution in [-0.2, 0) is 6.54 Å². The van der Waals surface area contributed by atoms with E-state index in [-0.39, 0.29) is 5.41 Å². The van der Waals surface area contributed by atoms with Gasteiger partial charge in [-0.2, -0.15) is 0 Å². The minimum Gasteiger partial charge on any atom is -0.496 e. The third-order valence-electron chi connectivity index (χ3n) is 4.26. The second-order valence-corrected chi connectivity index (χ2v) is 6.26. The van der Waals surface area contributed by atoms with Gasteiger partial charge in [0.25, 0.3) is 0 Å². The lowest BCUT2D eigenvalue weighted by Gasteiger charge is -2.29. The van der Waals surface area contributed by atoms with E-state index in [1.807, 2.05) is 12.1 Å². The van der Waals surface area contributed by atoms with Crippen LogP contribution in [0.5, 0.6) is 17.2 Å². The zero-order chi connectivity index (χ0) is 16.0. The number of hydrogen-bond acceptors (Lipinski definition) is 4. The molecule has 0 aromatic heterocycles. The molecule has 1 aromatic rings. The summed E-state index contributed by atoms with van der Waals surface area (Å²) >= 11 is 0. The van der Waals surface area contributed by atoms with E-state index >= 15 is 0 Å². The Morgan fingerprint density at radius 3 is 1.90 bits per heavy atom. The normalized spacial score (nSPS) is 11.6. The van der Waals surface area contributed by atoms with Crippen molar-refractivity contribution in [1.29, 1.82) is 0 Å². The summed E-state index contributed by atoms with van der Waals surface area (Å²) in [5, 5.41) is 3.51. The molecular formula is C17H29NO3. The molecule has 0 aliphatic heterocycles. The molecule has 0 aliphatic carbocycles. The average molecular weight is 295 g/mol. The van der Waals surface area contributed by atoms with Crippen LogP contribution in [-0.4, -0.2) is 27.9 Å². The van der Waals surface area contributed by atoms with Gasteiger partial charge in [-0.15, -0.1) is 0 Å². The number of nitrogens with one attached hydrogen (secondary N) is 1. The van der Waals surface area contributed by atoms with E-state index in [0.717, 1.165) is 29.4 Å². The number of rotatable bonds is 8. The van der Waals surface area contributed by atoms with Gasteiger partial charge in [0, 0.05) is 25.2 Å². The molecule has 0 aliphatic rings. The summed E-state index contributed by atoms with van der Waals surface area (Å²) in [4.78, 5) is 0. The lowest BCUT2D eigenvalue weighted by molar-refractivity contribution is 0.237. The first kappa shape index (κ1) is 17.6. The zero-order valence-electron chi connectivity index (χ0n) is 14.4. The molecule has 0 saturated heterocycles. The molecule has 0 bridgehead atoms.